The zero-order valence-corrected chi connectivity index (χ0v) is 16.0. The average Bonchev–Trinajstić information content (AvgIpc) is 2.36. The van der Waals surface area contributed by atoms with Crippen molar-refractivity contribution in [2.24, 2.45) is 0 Å². The summed E-state index contributed by atoms with van der Waals surface area (Å²) in [6.45, 7) is 3.34. The molecule has 9 heteroatoms. The zero-order valence-electron chi connectivity index (χ0n) is 9.56. The molecule has 6 nitrogen and oxygen atoms in total. The SMILES string of the molecule is C=CC(=O)N(I)c1cc(C(=O)O)c(I)c(C(=O)O)c1I. The van der Waals surface area contributed by atoms with Crippen LogP contribution in [0.2, 0.25) is 0 Å². The van der Waals surface area contributed by atoms with E-state index in [4.69, 9.17) is 5.11 Å². The van der Waals surface area contributed by atoms with Gasteiger partial charge in [0.15, 0.2) is 0 Å². The van der Waals surface area contributed by atoms with Gasteiger partial charge >= 0.3 is 11.9 Å². The fourth-order valence-corrected chi connectivity index (χ4v) is 4.65. The van der Waals surface area contributed by atoms with Gasteiger partial charge in [0.2, 0.25) is 0 Å². The highest BCUT2D eigenvalue weighted by Crippen LogP contribution is 2.34. The Balaban J connectivity index is 3.69. The fourth-order valence-electron chi connectivity index (χ4n) is 1.31. The first-order chi connectivity index (χ1) is 9.22. The smallest absolute Gasteiger partial charge is 0.337 e. The molecule has 106 valence electrons. The second-order valence-electron chi connectivity index (χ2n) is 3.38. The number of aromatic carboxylic acids is 2. The van der Waals surface area contributed by atoms with Crippen LogP contribution >= 0.6 is 68.0 Å². The molecule has 0 spiro atoms. The number of carbonyl (C=O) groups is 3. The van der Waals surface area contributed by atoms with E-state index in [0.717, 1.165) is 9.19 Å². The fraction of sp³-hybridized carbons (Fsp3) is 0. The molecule has 1 rings (SSSR count). The molecular formula is C11H6I3NO5. The van der Waals surface area contributed by atoms with E-state index in [1.54, 1.807) is 68.0 Å². The van der Waals surface area contributed by atoms with Crippen molar-refractivity contribution in [1.29, 1.82) is 0 Å². The molecule has 0 atom stereocenters. The van der Waals surface area contributed by atoms with Crippen LogP contribution in [0.25, 0.3) is 0 Å². The third kappa shape index (κ3) is 3.41. The second-order valence-corrected chi connectivity index (χ2v) is 6.50. The normalized spacial score (nSPS) is 9.95. The quantitative estimate of drug-likeness (QED) is 0.310. The molecule has 0 aliphatic rings. The van der Waals surface area contributed by atoms with E-state index in [1.807, 2.05) is 0 Å². The summed E-state index contributed by atoms with van der Waals surface area (Å²) in [5, 5.41) is 18.4. The monoisotopic (exact) mass is 613 g/mol. The second kappa shape index (κ2) is 7.02. The minimum Gasteiger partial charge on any atom is -0.478 e. The molecule has 2 N–H and O–H groups in total. The van der Waals surface area contributed by atoms with Crippen LogP contribution in [0.1, 0.15) is 20.7 Å². The lowest BCUT2D eigenvalue weighted by atomic mass is 10.1. The summed E-state index contributed by atoms with van der Waals surface area (Å²) in [5.74, 6) is -2.98. The van der Waals surface area contributed by atoms with Crippen molar-refractivity contribution in [2.75, 3.05) is 3.11 Å². The van der Waals surface area contributed by atoms with Crippen LogP contribution < -0.4 is 3.11 Å². The average molecular weight is 613 g/mol. The van der Waals surface area contributed by atoms with Crippen molar-refractivity contribution in [1.82, 2.24) is 0 Å². The largest absolute Gasteiger partial charge is 0.478 e. The molecule has 0 bridgehead atoms. The van der Waals surface area contributed by atoms with Crippen LogP contribution in [0.4, 0.5) is 5.69 Å². The molecule has 0 saturated heterocycles. The molecule has 20 heavy (non-hydrogen) atoms. The van der Waals surface area contributed by atoms with Crippen molar-refractivity contribution in [3.05, 3.63) is 37.0 Å². The third-order valence-electron chi connectivity index (χ3n) is 2.21. The molecular weight excluding hydrogens is 607 g/mol. The lowest BCUT2D eigenvalue weighted by Gasteiger charge is -2.18. The first-order valence-corrected chi connectivity index (χ1v) is 7.95. The number of carbonyl (C=O) groups excluding carboxylic acids is 1. The third-order valence-corrected chi connectivity index (χ3v) is 5.41. The van der Waals surface area contributed by atoms with Gasteiger partial charge in [0, 0.05) is 3.57 Å². The summed E-state index contributed by atoms with van der Waals surface area (Å²) in [4.78, 5) is 34.1. The van der Waals surface area contributed by atoms with Gasteiger partial charge in [-0.3, -0.25) is 4.79 Å². The number of hydrogen-bond acceptors (Lipinski definition) is 3. The first kappa shape index (κ1) is 17.6. The minimum atomic E-state index is -1.26. The molecule has 1 aromatic rings. The van der Waals surface area contributed by atoms with E-state index < -0.39 is 17.8 Å². The first-order valence-electron chi connectivity index (χ1n) is 4.83. The summed E-state index contributed by atoms with van der Waals surface area (Å²) < 4.78 is 1.53. The van der Waals surface area contributed by atoms with E-state index in [0.29, 0.717) is 0 Å². The molecule has 0 aliphatic carbocycles. The molecule has 0 radical (unpaired) electrons. The zero-order chi connectivity index (χ0) is 15.6. The number of carboxylic acid groups (broad SMARTS) is 2. The number of nitrogens with zero attached hydrogens (tertiary/aromatic N) is 1. The van der Waals surface area contributed by atoms with Gasteiger partial charge in [-0.1, -0.05) is 6.58 Å². The molecule has 0 fully saturated rings. The predicted octanol–water partition coefficient (Wildman–Crippen LogP) is 3.16. The lowest BCUT2D eigenvalue weighted by molar-refractivity contribution is -0.112. The Labute approximate surface area is 155 Å². The maximum absolute atomic E-state index is 11.6. The maximum Gasteiger partial charge on any atom is 0.337 e. The van der Waals surface area contributed by atoms with Gasteiger partial charge < -0.3 is 10.2 Å². The number of halogens is 3. The van der Waals surface area contributed by atoms with Crippen LogP contribution in [-0.2, 0) is 4.79 Å². The Morgan fingerprint density at radius 3 is 2.10 bits per heavy atom. The summed E-state index contributed by atoms with van der Waals surface area (Å²) in [6.07, 6.45) is 1.06. The predicted molar refractivity (Wildman–Crippen MR) is 97.5 cm³/mol. The summed E-state index contributed by atoms with van der Waals surface area (Å²) in [7, 11) is 0. The molecule has 1 amide bonds. The van der Waals surface area contributed by atoms with Crippen molar-refractivity contribution in [3.8, 4) is 0 Å². The van der Waals surface area contributed by atoms with E-state index >= 15 is 0 Å². The van der Waals surface area contributed by atoms with Crippen LogP contribution in [0.5, 0.6) is 0 Å². The highest BCUT2D eigenvalue weighted by atomic mass is 127. The Morgan fingerprint density at radius 2 is 1.70 bits per heavy atom. The number of hydrogen-bond donors (Lipinski definition) is 2. The van der Waals surface area contributed by atoms with Gasteiger partial charge in [-0.15, -0.1) is 0 Å². The molecule has 0 saturated carbocycles. The summed E-state index contributed by atoms with van der Waals surface area (Å²) in [5.41, 5.74) is -0.108. The van der Waals surface area contributed by atoms with Crippen LogP contribution in [0, 0.1) is 7.14 Å². The summed E-state index contributed by atoms with van der Waals surface area (Å²) >= 11 is 5.12. The Bertz CT molecular complexity index is 629. The van der Waals surface area contributed by atoms with Gasteiger partial charge in [-0.25, -0.2) is 12.7 Å². The molecule has 1 aromatic carbocycles. The van der Waals surface area contributed by atoms with Crippen molar-refractivity contribution >= 4 is 91.6 Å². The van der Waals surface area contributed by atoms with Gasteiger partial charge in [-0.2, -0.15) is 0 Å². The molecule has 0 unspecified atom stereocenters. The number of carboxylic acids is 2. The van der Waals surface area contributed by atoms with Crippen molar-refractivity contribution < 1.29 is 24.6 Å². The number of anilines is 1. The van der Waals surface area contributed by atoms with Crippen LogP contribution in [-0.4, -0.2) is 28.1 Å². The van der Waals surface area contributed by atoms with Crippen LogP contribution in [0.15, 0.2) is 18.7 Å². The highest BCUT2D eigenvalue weighted by molar-refractivity contribution is 14.1. The molecule has 0 aliphatic heterocycles. The standard InChI is InChI=1S/C11H6I3NO5/c1-2-6(16)15(14)5-3-4(10(17)18)8(12)7(9(5)13)11(19)20/h2-3H,1H2,(H,17,18)(H,19,20). The van der Waals surface area contributed by atoms with E-state index in [9.17, 15) is 19.5 Å². The lowest BCUT2D eigenvalue weighted by Crippen LogP contribution is -2.21. The van der Waals surface area contributed by atoms with E-state index in [2.05, 4.69) is 6.58 Å². The minimum absolute atomic E-state index is 0.117. The number of benzene rings is 1. The van der Waals surface area contributed by atoms with E-state index in [1.165, 1.54) is 6.07 Å². The van der Waals surface area contributed by atoms with Crippen molar-refractivity contribution in [2.45, 2.75) is 0 Å². The van der Waals surface area contributed by atoms with Gasteiger partial charge in [-0.05, 0) is 57.3 Å². The molecule has 0 aromatic heterocycles. The van der Waals surface area contributed by atoms with E-state index in [-0.39, 0.29) is 24.0 Å². The Hall–Kier alpha value is -0.440. The molecule has 0 heterocycles. The summed E-state index contributed by atoms with van der Waals surface area (Å²) in [6, 6.07) is 1.27. The van der Waals surface area contributed by atoms with Crippen molar-refractivity contribution in [3.63, 3.8) is 0 Å². The Kier molecular flexibility index (Phi) is 6.18. The maximum atomic E-state index is 11.6. The van der Waals surface area contributed by atoms with Gasteiger partial charge in [0.05, 0.1) is 43.2 Å². The van der Waals surface area contributed by atoms with Gasteiger partial charge in [0.25, 0.3) is 5.91 Å². The van der Waals surface area contributed by atoms with Gasteiger partial charge in [0.1, 0.15) is 0 Å². The topological polar surface area (TPSA) is 94.9 Å². The highest BCUT2D eigenvalue weighted by Gasteiger charge is 2.26. The van der Waals surface area contributed by atoms with Crippen LogP contribution in [0.3, 0.4) is 0 Å². The number of amides is 1. The number of rotatable bonds is 4. The Morgan fingerprint density at radius 1 is 1.15 bits per heavy atom.